The van der Waals surface area contributed by atoms with Gasteiger partial charge in [0.25, 0.3) is 5.91 Å². The number of piperidine rings is 1. The number of likely N-dealkylation sites (tertiary alicyclic amines) is 1. The van der Waals surface area contributed by atoms with Crippen LogP contribution in [0, 0.1) is 0 Å². The lowest BCUT2D eigenvalue weighted by molar-refractivity contribution is 0.0925. The maximum atomic E-state index is 12.6. The summed E-state index contributed by atoms with van der Waals surface area (Å²) in [4.78, 5) is 15.1. The summed E-state index contributed by atoms with van der Waals surface area (Å²) < 4.78 is 3.64. The SMILES string of the molecule is C[C@H](CN1CCCCC1)NC(=O)c1cnn(C)c1-n1cccc1. The van der Waals surface area contributed by atoms with Crippen LogP contribution in [-0.4, -0.2) is 50.8 Å². The van der Waals surface area contributed by atoms with E-state index in [-0.39, 0.29) is 11.9 Å². The Morgan fingerprint density at radius 3 is 2.65 bits per heavy atom. The number of rotatable bonds is 5. The van der Waals surface area contributed by atoms with Crippen molar-refractivity contribution >= 4 is 5.91 Å². The Kier molecular flexibility index (Phi) is 4.81. The molecule has 1 N–H and O–H groups in total. The number of aryl methyl sites for hydroxylation is 1. The summed E-state index contributed by atoms with van der Waals surface area (Å²) in [7, 11) is 1.85. The molecule has 0 bridgehead atoms. The van der Waals surface area contributed by atoms with Crippen LogP contribution in [0.5, 0.6) is 0 Å². The number of hydrogen-bond acceptors (Lipinski definition) is 3. The third-order valence-electron chi connectivity index (χ3n) is 4.36. The molecule has 23 heavy (non-hydrogen) atoms. The van der Waals surface area contributed by atoms with Crippen molar-refractivity contribution in [2.24, 2.45) is 7.05 Å². The van der Waals surface area contributed by atoms with E-state index in [0.29, 0.717) is 5.56 Å². The van der Waals surface area contributed by atoms with Crippen molar-refractivity contribution in [2.75, 3.05) is 19.6 Å². The normalized spacial score (nSPS) is 17.1. The van der Waals surface area contributed by atoms with Crippen molar-refractivity contribution in [3.63, 3.8) is 0 Å². The first-order chi connectivity index (χ1) is 11.1. The zero-order chi connectivity index (χ0) is 16.2. The molecule has 6 nitrogen and oxygen atoms in total. The standard InChI is InChI=1S/C17H25N5O/c1-14(13-21-8-4-3-5-9-21)19-16(23)15-12-18-20(2)17(15)22-10-6-7-11-22/h6-7,10-12,14H,3-5,8-9,13H2,1-2H3,(H,19,23)/t14-/m1/s1. The Bertz CT molecular complexity index is 640. The van der Waals surface area contributed by atoms with Gasteiger partial charge in [-0.2, -0.15) is 5.10 Å². The highest BCUT2D eigenvalue weighted by Crippen LogP contribution is 2.14. The lowest BCUT2D eigenvalue weighted by Gasteiger charge is -2.29. The van der Waals surface area contributed by atoms with Gasteiger partial charge in [-0.25, -0.2) is 0 Å². The summed E-state index contributed by atoms with van der Waals surface area (Å²) >= 11 is 0. The molecule has 0 unspecified atom stereocenters. The third kappa shape index (κ3) is 3.64. The van der Waals surface area contributed by atoms with E-state index >= 15 is 0 Å². The highest BCUT2D eigenvalue weighted by molar-refractivity contribution is 5.97. The van der Waals surface area contributed by atoms with E-state index in [2.05, 4.69) is 22.2 Å². The van der Waals surface area contributed by atoms with Crippen molar-refractivity contribution in [1.82, 2.24) is 24.6 Å². The minimum absolute atomic E-state index is 0.0636. The fourth-order valence-electron chi connectivity index (χ4n) is 3.25. The summed E-state index contributed by atoms with van der Waals surface area (Å²) in [5.41, 5.74) is 0.606. The van der Waals surface area contributed by atoms with Crippen molar-refractivity contribution in [3.8, 4) is 5.82 Å². The molecule has 124 valence electrons. The number of hydrogen-bond donors (Lipinski definition) is 1. The average Bonchev–Trinajstić information content (AvgIpc) is 3.17. The van der Waals surface area contributed by atoms with Crippen LogP contribution in [0.25, 0.3) is 5.82 Å². The number of nitrogens with one attached hydrogen (secondary N) is 1. The predicted molar refractivity (Wildman–Crippen MR) is 89.8 cm³/mol. The van der Waals surface area contributed by atoms with Gasteiger partial charge in [0.1, 0.15) is 11.4 Å². The van der Waals surface area contributed by atoms with Crippen molar-refractivity contribution in [2.45, 2.75) is 32.2 Å². The van der Waals surface area contributed by atoms with E-state index in [9.17, 15) is 4.79 Å². The van der Waals surface area contributed by atoms with E-state index < -0.39 is 0 Å². The first-order valence-electron chi connectivity index (χ1n) is 8.33. The second-order valence-corrected chi connectivity index (χ2v) is 6.33. The molecule has 1 amide bonds. The summed E-state index contributed by atoms with van der Waals surface area (Å²) in [6, 6.07) is 4.00. The van der Waals surface area contributed by atoms with Crippen molar-refractivity contribution < 1.29 is 4.79 Å². The van der Waals surface area contributed by atoms with Gasteiger partial charge in [-0.15, -0.1) is 0 Å². The molecule has 1 aliphatic rings. The first kappa shape index (κ1) is 15.8. The number of carbonyl (C=O) groups excluding carboxylic acids is 1. The topological polar surface area (TPSA) is 55.1 Å². The Hall–Kier alpha value is -2.08. The van der Waals surface area contributed by atoms with Crippen LogP contribution >= 0.6 is 0 Å². The fraction of sp³-hybridized carbons (Fsp3) is 0.529. The van der Waals surface area contributed by atoms with Gasteiger partial charge in [0.05, 0.1) is 6.20 Å². The Morgan fingerprint density at radius 1 is 1.26 bits per heavy atom. The molecule has 3 heterocycles. The monoisotopic (exact) mass is 315 g/mol. The predicted octanol–water partition coefficient (Wildman–Crippen LogP) is 1.81. The summed E-state index contributed by atoms with van der Waals surface area (Å²) in [5, 5.41) is 7.35. The molecule has 1 saturated heterocycles. The molecule has 0 spiro atoms. The highest BCUT2D eigenvalue weighted by atomic mass is 16.1. The zero-order valence-corrected chi connectivity index (χ0v) is 13.9. The van der Waals surface area contributed by atoms with Crippen molar-refractivity contribution in [3.05, 3.63) is 36.3 Å². The molecule has 0 aliphatic carbocycles. The van der Waals surface area contributed by atoms with Crippen LogP contribution in [0.3, 0.4) is 0 Å². The van der Waals surface area contributed by atoms with Gasteiger partial charge in [-0.1, -0.05) is 6.42 Å². The molecule has 0 radical (unpaired) electrons. The van der Waals surface area contributed by atoms with E-state index in [1.165, 1.54) is 19.3 Å². The molecule has 1 fully saturated rings. The molecule has 2 aromatic heterocycles. The third-order valence-corrected chi connectivity index (χ3v) is 4.36. The Labute approximate surface area is 137 Å². The number of nitrogens with zero attached hydrogens (tertiary/aromatic N) is 4. The number of aromatic nitrogens is 3. The van der Waals surface area contributed by atoms with E-state index in [1.807, 2.05) is 36.1 Å². The molecule has 6 heteroatoms. The molecular formula is C17H25N5O. The maximum Gasteiger partial charge on any atom is 0.256 e. The van der Waals surface area contributed by atoms with E-state index in [4.69, 9.17) is 0 Å². The van der Waals surface area contributed by atoms with Crippen LogP contribution in [-0.2, 0) is 7.05 Å². The Morgan fingerprint density at radius 2 is 1.96 bits per heavy atom. The van der Waals surface area contributed by atoms with Gasteiger partial charge in [-0.3, -0.25) is 9.48 Å². The quantitative estimate of drug-likeness (QED) is 0.915. The van der Waals surface area contributed by atoms with Crippen molar-refractivity contribution in [1.29, 1.82) is 0 Å². The smallest absolute Gasteiger partial charge is 0.256 e. The second-order valence-electron chi connectivity index (χ2n) is 6.33. The molecule has 2 aromatic rings. The summed E-state index contributed by atoms with van der Waals surface area (Å²) in [6.45, 7) is 5.26. The highest BCUT2D eigenvalue weighted by Gasteiger charge is 2.20. The minimum Gasteiger partial charge on any atom is -0.348 e. The van der Waals surface area contributed by atoms with E-state index in [0.717, 1.165) is 25.5 Å². The Balaban J connectivity index is 1.66. The van der Waals surface area contributed by atoms with Crippen LogP contribution in [0.2, 0.25) is 0 Å². The second kappa shape index (κ2) is 7.00. The molecule has 0 saturated carbocycles. The minimum atomic E-state index is -0.0636. The molecular weight excluding hydrogens is 290 g/mol. The summed E-state index contributed by atoms with van der Waals surface area (Å²) in [6.07, 6.45) is 9.34. The number of carbonyl (C=O) groups is 1. The van der Waals surface area contributed by atoms with Gasteiger partial charge >= 0.3 is 0 Å². The molecule has 1 aliphatic heterocycles. The lowest BCUT2D eigenvalue weighted by Crippen LogP contribution is -2.43. The number of amides is 1. The molecule has 1 atom stereocenters. The van der Waals surface area contributed by atoms with Crippen LogP contribution in [0.4, 0.5) is 0 Å². The summed E-state index contributed by atoms with van der Waals surface area (Å²) in [5.74, 6) is 0.726. The van der Waals surface area contributed by atoms with Gasteiger partial charge in [0.15, 0.2) is 0 Å². The van der Waals surface area contributed by atoms with Gasteiger partial charge in [0, 0.05) is 32.0 Å². The lowest BCUT2D eigenvalue weighted by atomic mass is 10.1. The molecule has 3 rings (SSSR count). The fourth-order valence-corrected chi connectivity index (χ4v) is 3.25. The van der Waals surface area contributed by atoms with Gasteiger partial charge < -0.3 is 14.8 Å². The van der Waals surface area contributed by atoms with Crippen LogP contribution in [0.15, 0.2) is 30.7 Å². The van der Waals surface area contributed by atoms with Gasteiger partial charge in [-0.05, 0) is 45.0 Å². The van der Waals surface area contributed by atoms with Gasteiger partial charge in [0.2, 0.25) is 0 Å². The first-order valence-corrected chi connectivity index (χ1v) is 8.33. The average molecular weight is 315 g/mol. The van der Waals surface area contributed by atoms with Crippen LogP contribution in [0.1, 0.15) is 36.5 Å². The largest absolute Gasteiger partial charge is 0.348 e. The zero-order valence-electron chi connectivity index (χ0n) is 13.9. The maximum absolute atomic E-state index is 12.6. The van der Waals surface area contributed by atoms with Crippen LogP contribution < -0.4 is 5.32 Å². The van der Waals surface area contributed by atoms with E-state index in [1.54, 1.807) is 10.9 Å². The molecule has 0 aromatic carbocycles.